The molecule has 18 heavy (non-hydrogen) atoms. The predicted octanol–water partition coefficient (Wildman–Crippen LogP) is 4.24. The van der Waals surface area contributed by atoms with Crippen LogP contribution < -0.4 is 0 Å². The van der Waals surface area contributed by atoms with Gasteiger partial charge in [0, 0.05) is 6.04 Å². The molecule has 0 aliphatic rings. The fourth-order valence-corrected chi connectivity index (χ4v) is 2.77. The molecular formula is C15H24O2Si. The summed E-state index contributed by atoms with van der Waals surface area (Å²) in [6, 6.07) is 10.4. The third kappa shape index (κ3) is 4.30. The van der Waals surface area contributed by atoms with E-state index in [9.17, 15) is 4.79 Å². The summed E-state index contributed by atoms with van der Waals surface area (Å²) in [4.78, 5) is 11.9. The highest BCUT2D eigenvalue weighted by molar-refractivity contribution is 6.82. The Kier molecular flexibility index (Phi) is 4.74. The third-order valence-corrected chi connectivity index (χ3v) is 9.09. The second-order valence-corrected chi connectivity index (χ2v) is 12.1. The van der Waals surface area contributed by atoms with Crippen LogP contribution in [-0.2, 0) is 16.1 Å². The van der Waals surface area contributed by atoms with Gasteiger partial charge in [-0.15, -0.1) is 0 Å². The van der Waals surface area contributed by atoms with Gasteiger partial charge in [0.1, 0.15) is 6.61 Å². The number of rotatable bonds is 4. The number of carbonyl (C=O) groups is 1. The van der Waals surface area contributed by atoms with Gasteiger partial charge >= 0.3 is 5.97 Å². The van der Waals surface area contributed by atoms with E-state index in [1.807, 2.05) is 30.3 Å². The average molecular weight is 264 g/mol. The topological polar surface area (TPSA) is 26.3 Å². The quantitative estimate of drug-likeness (QED) is 0.600. The van der Waals surface area contributed by atoms with Crippen molar-refractivity contribution in [3.8, 4) is 0 Å². The zero-order chi connectivity index (χ0) is 13.8. The molecule has 0 unspecified atom stereocenters. The van der Waals surface area contributed by atoms with E-state index in [1.54, 1.807) is 0 Å². The van der Waals surface area contributed by atoms with Crippen LogP contribution in [0.5, 0.6) is 0 Å². The molecule has 3 heteroatoms. The Morgan fingerprint density at radius 3 is 2.22 bits per heavy atom. The van der Waals surface area contributed by atoms with E-state index >= 15 is 0 Å². The van der Waals surface area contributed by atoms with Crippen LogP contribution in [0.3, 0.4) is 0 Å². The van der Waals surface area contributed by atoms with Crippen molar-refractivity contribution in [2.45, 2.75) is 51.6 Å². The van der Waals surface area contributed by atoms with Crippen molar-refractivity contribution in [2.24, 2.45) is 0 Å². The van der Waals surface area contributed by atoms with Crippen molar-refractivity contribution in [2.75, 3.05) is 0 Å². The standard InChI is InChI=1S/C15H24O2Si/c1-15(2,3)18(4,5)12-14(16)17-11-13-9-7-6-8-10-13/h6-10H,11-12H2,1-5H3. The summed E-state index contributed by atoms with van der Waals surface area (Å²) >= 11 is 0. The lowest BCUT2D eigenvalue weighted by Gasteiger charge is -2.36. The highest BCUT2D eigenvalue weighted by Gasteiger charge is 2.37. The molecule has 1 rings (SSSR count). The molecule has 0 fully saturated rings. The molecule has 0 heterocycles. The molecule has 0 saturated heterocycles. The minimum absolute atomic E-state index is 0.0644. The summed E-state index contributed by atoms with van der Waals surface area (Å²) in [5, 5.41) is 0.221. The maximum absolute atomic E-state index is 11.9. The van der Waals surface area contributed by atoms with Crippen LogP contribution in [0, 0.1) is 0 Å². The molecule has 100 valence electrons. The van der Waals surface area contributed by atoms with Crippen LogP contribution >= 0.6 is 0 Å². The van der Waals surface area contributed by atoms with Gasteiger partial charge < -0.3 is 4.74 Å². The molecule has 0 bridgehead atoms. The summed E-state index contributed by atoms with van der Waals surface area (Å²) in [5.41, 5.74) is 1.04. The Labute approximate surface area is 111 Å². The molecule has 0 aliphatic carbocycles. The molecule has 0 spiro atoms. The molecule has 0 N–H and O–H groups in total. The number of benzene rings is 1. The Bertz CT molecular complexity index is 391. The SMILES string of the molecule is CC(C)(C)[Si](C)(C)CC(=O)OCc1ccccc1. The van der Waals surface area contributed by atoms with E-state index in [-0.39, 0.29) is 11.0 Å². The fourth-order valence-electron chi connectivity index (χ4n) is 1.42. The second kappa shape index (κ2) is 5.70. The molecule has 0 atom stereocenters. The highest BCUT2D eigenvalue weighted by Crippen LogP contribution is 2.38. The maximum atomic E-state index is 11.9. The first-order chi connectivity index (χ1) is 8.22. The van der Waals surface area contributed by atoms with Crippen molar-refractivity contribution in [1.82, 2.24) is 0 Å². The minimum atomic E-state index is -1.58. The van der Waals surface area contributed by atoms with Crippen LogP contribution in [0.4, 0.5) is 0 Å². The van der Waals surface area contributed by atoms with Gasteiger partial charge in [-0.05, 0) is 10.6 Å². The lowest BCUT2D eigenvalue weighted by Crippen LogP contribution is -2.39. The lowest BCUT2D eigenvalue weighted by atomic mass is 10.2. The first kappa shape index (κ1) is 15.0. The normalized spacial score (nSPS) is 12.3. The van der Waals surface area contributed by atoms with E-state index in [1.165, 1.54) is 0 Å². The summed E-state index contributed by atoms with van der Waals surface area (Å²) in [5.74, 6) is -0.0644. The van der Waals surface area contributed by atoms with Crippen molar-refractivity contribution in [3.63, 3.8) is 0 Å². The van der Waals surface area contributed by atoms with E-state index < -0.39 is 8.07 Å². The third-order valence-electron chi connectivity index (χ3n) is 3.86. The van der Waals surface area contributed by atoms with Crippen LogP contribution in [0.25, 0.3) is 0 Å². The van der Waals surface area contributed by atoms with Crippen molar-refractivity contribution < 1.29 is 9.53 Å². The van der Waals surface area contributed by atoms with Gasteiger partial charge in [0.15, 0.2) is 0 Å². The molecule has 1 aromatic carbocycles. The van der Waals surface area contributed by atoms with E-state index in [2.05, 4.69) is 33.9 Å². The van der Waals surface area contributed by atoms with Crippen molar-refractivity contribution >= 4 is 14.0 Å². The zero-order valence-electron chi connectivity index (χ0n) is 12.1. The molecular weight excluding hydrogens is 240 g/mol. The van der Waals surface area contributed by atoms with Gasteiger partial charge in [0.2, 0.25) is 0 Å². The van der Waals surface area contributed by atoms with Crippen LogP contribution in [0.1, 0.15) is 26.3 Å². The number of carbonyl (C=O) groups excluding carboxylic acids is 1. The monoisotopic (exact) mass is 264 g/mol. The Morgan fingerprint density at radius 1 is 1.17 bits per heavy atom. The number of hydrogen-bond acceptors (Lipinski definition) is 2. The molecule has 0 aromatic heterocycles. The smallest absolute Gasteiger partial charge is 0.303 e. The first-order valence-corrected chi connectivity index (χ1v) is 9.63. The highest BCUT2D eigenvalue weighted by atomic mass is 28.3. The molecule has 1 aromatic rings. The minimum Gasteiger partial charge on any atom is -0.461 e. The van der Waals surface area contributed by atoms with Gasteiger partial charge in [-0.3, -0.25) is 4.79 Å². The number of ether oxygens (including phenoxy) is 1. The molecule has 0 radical (unpaired) electrons. The van der Waals surface area contributed by atoms with Crippen molar-refractivity contribution in [3.05, 3.63) is 35.9 Å². The Balaban J connectivity index is 2.48. The second-order valence-electron chi connectivity index (χ2n) is 6.46. The summed E-state index contributed by atoms with van der Waals surface area (Å²) in [6.07, 6.45) is 0. The van der Waals surface area contributed by atoms with Gasteiger partial charge in [-0.2, -0.15) is 0 Å². The zero-order valence-corrected chi connectivity index (χ0v) is 13.1. The largest absolute Gasteiger partial charge is 0.461 e. The number of hydrogen-bond donors (Lipinski definition) is 0. The van der Waals surface area contributed by atoms with Gasteiger partial charge in [0.25, 0.3) is 0 Å². The summed E-state index contributed by atoms with van der Waals surface area (Å²) in [7, 11) is -1.58. The van der Waals surface area contributed by atoms with Crippen molar-refractivity contribution in [1.29, 1.82) is 0 Å². The fraction of sp³-hybridized carbons (Fsp3) is 0.533. The van der Waals surface area contributed by atoms with Gasteiger partial charge in [-0.1, -0.05) is 64.2 Å². The molecule has 0 saturated carbocycles. The van der Waals surface area contributed by atoms with Crippen LogP contribution in [0.15, 0.2) is 30.3 Å². The number of esters is 1. The Morgan fingerprint density at radius 2 is 1.72 bits per heavy atom. The van der Waals surface area contributed by atoms with E-state index in [4.69, 9.17) is 4.74 Å². The lowest BCUT2D eigenvalue weighted by molar-refractivity contribution is -0.142. The summed E-state index contributed by atoms with van der Waals surface area (Å²) < 4.78 is 5.35. The predicted molar refractivity (Wildman–Crippen MR) is 78.2 cm³/mol. The van der Waals surface area contributed by atoms with Crippen LogP contribution in [0.2, 0.25) is 24.2 Å². The average Bonchev–Trinajstić information content (AvgIpc) is 2.26. The molecule has 0 amide bonds. The van der Waals surface area contributed by atoms with E-state index in [0.29, 0.717) is 12.7 Å². The molecule has 0 aliphatic heterocycles. The van der Waals surface area contributed by atoms with Crippen LogP contribution in [-0.4, -0.2) is 14.0 Å². The van der Waals surface area contributed by atoms with Gasteiger partial charge in [0.05, 0.1) is 8.07 Å². The molecule has 2 nitrogen and oxygen atoms in total. The van der Waals surface area contributed by atoms with Gasteiger partial charge in [-0.25, -0.2) is 0 Å². The summed E-state index contributed by atoms with van der Waals surface area (Å²) in [6.45, 7) is 11.5. The Hall–Kier alpha value is -1.09. The van der Waals surface area contributed by atoms with E-state index in [0.717, 1.165) is 5.56 Å². The maximum Gasteiger partial charge on any atom is 0.303 e. The first-order valence-electron chi connectivity index (χ1n) is 6.42.